The minimum Gasteiger partial charge on any atom is -0.454 e. The molecular formula is C68H72BN3O. The zero-order valence-corrected chi connectivity index (χ0v) is 45.9. The van der Waals surface area contributed by atoms with E-state index in [0.717, 1.165) is 61.8 Å². The maximum atomic E-state index is 7.23. The first-order valence-electron chi connectivity index (χ1n) is 26.5. The van der Waals surface area contributed by atoms with Crippen LogP contribution in [0, 0.1) is 0 Å². The normalized spacial score (nSPS) is 13.9. The zero-order chi connectivity index (χ0) is 51.7. The Balaban J connectivity index is 1.28. The number of fused-ring (bicyclic) bond motifs is 7. The molecule has 0 atom stereocenters. The van der Waals surface area contributed by atoms with Gasteiger partial charge in [0, 0.05) is 56.1 Å². The highest BCUT2D eigenvalue weighted by atomic mass is 16.3. The van der Waals surface area contributed by atoms with Crippen molar-refractivity contribution in [2.24, 2.45) is 0 Å². The molecule has 0 bridgehead atoms. The van der Waals surface area contributed by atoms with Gasteiger partial charge in [0.15, 0.2) is 5.58 Å². The van der Waals surface area contributed by atoms with Gasteiger partial charge in [-0.3, -0.25) is 0 Å². The molecule has 73 heavy (non-hydrogen) atoms. The summed E-state index contributed by atoms with van der Waals surface area (Å²) in [7, 11) is 0. The van der Waals surface area contributed by atoms with E-state index in [-0.39, 0.29) is 33.8 Å². The maximum Gasteiger partial charge on any atom is 0.252 e. The van der Waals surface area contributed by atoms with Gasteiger partial charge < -0.3 is 19.1 Å². The van der Waals surface area contributed by atoms with Crippen LogP contribution < -0.4 is 31.1 Å². The Bertz CT molecular complexity index is 3440. The number of para-hydroxylation sites is 3. The van der Waals surface area contributed by atoms with Crippen LogP contribution in [0.2, 0.25) is 0 Å². The van der Waals surface area contributed by atoms with Crippen LogP contribution in [0.1, 0.15) is 132 Å². The standard InChI is InChI=1S/C68H72BN3O/c1-64(2,3)43-27-33-48(34-28-43)71-56-37-31-45(66(7,8)9)39-54(56)69-55-40-46(67(10,11)12)32-38-57(55)72(49-35-29-44(30-36-49)65(4,5)6)60-42-50(41-59(71)61(60)69)70(47-21-17-16-18-22-47)58-26-20-24-52-51-23-19-25-53(68(13,14)15)62(51)73-63(52)58/h16-42H,1-15H3. The van der Waals surface area contributed by atoms with Crippen LogP contribution in [0.25, 0.3) is 21.9 Å². The second-order valence-electron chi connectivity index (χ2n) is 26.0. The molecule has 0 spiro atoms. The quantitative estimate of drug-likeness (QED) is 0.160. The Morgan fingerprint density at radius 1 is 0.370 bits per heavy atom. The first-order chi connectivity index (χ1) is 34.4. The highest BCUT2D eigenvalue weighted by Crippen LogP contribution is 2.51. The molecule has 0 saturated heterocycles. The third kappa shape index (κ3) is 8.24. The molecule has 11 rings (SSSR count). The number of furan rings is 1. The van der Waals surface area contributed by atoms with Gasteiger partial charge in [0.2, 0.25) is 0 Å². The summed E-state index contributed by atoms with van der Waals surface area (Å²) in [6.45, 7) is 34.6. The van der Waals surface area contributed by atoms with E-state index in [1.165, 1.54) is 55.6 Å². The molecular weight excluding hydrogens is 886 g/mol. The topological polar surface area (TPSA) is 22.9 Å². The zero-order valence-electron chi connectivity index (χ0n) is 45.9. The van der Waals surface area contributed by atoms with Crippen molar-refractivity contribution in [3.05, 3.63) is 192 Å². The molecule has 8 aromatic carbocycles. The van der Waals surface area contributed by atoms with Crippen LogP contribution in [-0.2, 0) is 27.1 Å². The molecule has 9 aromatic rings. The molecule has 3 heterocycles. The second kappa shape index (κ2) is 16.8. The van der Waals surface area contributed by atoms with E-state index in [0.29, 0.717) is 0 Å². The summed E-state index contributed by atoms with van der Waals surface area (Å²) in [6, 6.07) is 62.4. The van der Waals surface area contributed by atoms with Gasteiger partial charge >= 0.3 is 0 Å². The Labute approximate surface area is 435 Å². The molecule has 0 fully saturated rings. The largest absolute Gasteiger partial charge is 0.454 e. The Morgan fingerprint density at radius 3 is 1.26 bits per heavy atom. The van der Waals surface area contributed by atoms with Crippen LogP contribution in [0.3, 0.4) is 0 Å². The fourth-order valence-corrected chi connectivity index (χ4v) is 11.4. The minimum atomic E-state index is -0.110. The number of nitrogens with zero attached hydrogens (tertiary/aromatic N) is 3. The molecule has 5 heteroatoms. The van der Waals surface area contributed by atoms with Gasteiger partial charge in [-0.05, 0) is 132 Å². The van der Waals surface area contributed by atoms with Gasteiger partial charge in [0.1, 0.15) is 5.58 Å². The van der Waals surface area contributed by atoms with Crippen LogP contribution >= 0.6 is 0 Å². The van der Waals surface area contributed by atoms with Crippen molar-refractivity contribution in [1.82, 2.24) is 0 Å². The van der Waals surface area contributed by atoms with Crippen molar-refractivity contribution < 1.29 is 4.42 Å². The number of hydrogen-bond acceptors (Lipinski definition) is 4. The summed E-state index contributed by atoms with van der Waals surface area (Å²) in [4.78, 5) is 7.56. The van der Waals surface area contributed by atoms with E-state index >= 15 is 0 Å². The van der Waals surface area contributed by atoms with Crippen LogP contribution in [0.4, 0.5) is 51.2 Å². The van der Waals surface area contributed by atoms with Crippen molar-refractivity contribution in [1.29, 1.82) is 0 Å². The third-order valence-corrected chi connectivity index (χ3v) is 15.6. The number of hydrogen-bond donors (Lipinski definition) is 0. The summed E-state index contributed by atoms with van der Waals surface area (Å²) in [6.07, 6.45) is 0. The predicted octanol–water partition coefficient (Wildman–Crippen LogP) is 17.6. The molecule has 0 radical (unpaired) electrons. The molecule has 0 amide bonds. The summed E-state index contributed by atoms with van der Waals surface area (Å²) in [5.41, 5.74) is 22.1. The van der Waals surface area contributed by atoms with Crippen LogP contribution in [0.15, 0.2) is 168 Å². The first kappa shape index (κ1) is 48.3. The molecule has 1 aromatic heterocycles. The summed E-state index contributed by atoms with van der Waals surface area (Å²) in [5, 5.41) is 2.24. The Kier molecular flexibility index (Phi) is 11.1. The average molecular weight is 958 g/mol. The number of rotatable bonds is 5. The van der Waals surface area contributed by atoms with E-state index < -0.39 is 0 Å². The van der Waals surface area contributed by atoms with Crippen molar-refractivity contribution in [2.45, 2.75) is 131 Å². The van der Waals surface area contributed by atoms with Crippen molar-refractivity contribution in [3.63, 3.8) is 0 Å². The Hall–Kier alpha value is -6.98. The van der Waals surface area contributed by atoms with E-state index in [4.69, 9.17) is 4.42 Å². The summed E-state index contributed by atoms with van der Waals surface area (Å²) >= 11 is 0. The SMILES string of the molecule is CC(C)(C)c1ccc(N2c3ccc(C(C)(C)C)cc3B3c4cc(C(C)(C)C)ccc4N(c4ccc(C(C)(C)C)cc4)c4cc(N(c5ccccc5)c5cccc6c5oc5c(C(C)(C)C)cccc56)cc2c43)cc1. The summed E-state index contributed by atoms with van der Waals surface area (Å²) < 4.78 is 7.23. The monoisotopic (exact) mass is 958 g/mol. The highest BCUT2D eigenvalue weighted by molar-refractivity contribution is 7.00. The number of benzene rings is 8. The van der Waals surface area contributed by atoms with Gasteiger partial charge in [0.05, 0.1) is 11.4 Å². The maximum absolute atomic E-state index is 7.23. The van der Waals surface area contributed by atoms with Gasteiger partial charge in [-0.1, -0.05) is 201 Å². The predicted molar refractivity (Wildman–Crippen MR) is 316 cm³/mol. The van der Waals surface area contributed by atoms with Crippen LogP contribution in [-0.4, -0.2) is 6.71 Å². The lowest BCUT2D eigenvalue weighted by Gasteiger charge is -2.45. The molecule has 368 valence electrons. The van der Waals surface area contributed by atoms with Crippen molar-refractivity contribution >= 4 is 96.2 Å². The van der Waals surface area contributed by atoms with E-state index in [1.54, 1.807) is 0 Å². The van der Waals surface area contributed by atoms with Gasteiger partial charge in [0.25, 0.3) is 6.71 Å². The lowest BCUT2D eigenvalue weighted by molar-refractivity contribution is 0.573. The lowest BCUT2D eigenvalue weighted by Crippen LogP contribution is -2.61. The van der Waals surface area contributed by atoms with Crippen molar-refractivity contribution in [3.8, 4) is 0 Å². The van der Waals surface area contributed by atoms with E-state index in [9.17, 15) is 0 Å². The Morgan fingerprint density at radius 2 is 0.808 bits per heavy atom. The fourth-order valence-electron chi connectivity index (χ4n) is 11.4. The highest BCUT2D eigenvalue weighted by Gasteiger charge is 2.45. The third-order valence-electron chi connectivity index (χ3n) is 15.6. The molecule has 2 aliphatic rings. The van der Waals surface area contributed by atoms with E-state index in [2.05, 4.69) is 282 Å². The van der Waals surface area contributed by atoms with Gasteiger partial charge in [-0.25, -0.2) is 0 Å². The second-order valence-corrected chi connectivity index (χ2v) is 26.0. The summed E-state index contributed by atoms with van der Waals surface area (Å²) in [5.74, 6) is 0. The molecule has 0 N–H and O–H groups in total. The number of anilines is 9. The molecule has 4 nitrogen and oxygen atoms in total. The molecule has 0 aliphatic carbocycles. The van der Waals surface area contributed by atoms with Gasteiger partial charge in [-0.15, -0.1) is 0 Å². The molecule has 0 saturated carbocycles. The minimum absolute atomic E-state index is 0.00311. The first-order valence-corrected chi connectivity index (χ1v) is 26.5. The smallest absolute Gasteiger partial charge is 0.252 e. The molecule has 0 unspecified atom stereocenters. The fraction of sp³-hybridized carbons (Fsp3) is 0.294. The average Bonchev–Trinajstić information content (AvgIpc) is 3.72. The van der Waals surface area contributed by atoms with Crippen molar-refractivity contribution in [2.75, 3.05) is 14.7 Å². The van der Waals surface area contributed by atoms with E-state index in [1.807, 2.05) is 0 Å². The molecule has 2 aliphatic heterocycles. The van der Waals surface area contributed by atoms with Gasteiger partial charge in [-0.2, -0.15) is 0 Å². The lowest BCUT2D eigenvalue weighted by atomic mass is 9.33. The van der Waals surface area contributed by atoms with Crippen LogP contribution in [0.5, 0.6) is 0 Å².